The molecular weight excluding hydrogens is 270 g/mol. The molecule has 0 saturated heterocycles. The maximum atomic E-state index is 12.1. The molecule has 0 aliphatic heterocycles. The molecule has 1 aliphatic carbocycles. The molecule has 2 aromatic heterocycles. The summed E-state index contributed by atoms with van der Waals surface area (Å²) in [5.74, 6) is 0.0586. The van der Waals surface area contributed by atoms with Crippen LogP contribution in [0.4, 0.5) is 0 Å². The predicted molar refractivity (Wildman–Crippen MR) is 79.2 cm³/mol. The van der Waals surface area contributed by atoms with Crippen LogP contribution in [-0.2, 0) is 6.42 Å². The number of ketones is 1. The second-order valence-electron chi connectivity index (χ2n) is 5.43. The number of carbonyl (C=O) groups is 1. The van der Waals surface area contributed by atoms with Crippen molar-refractivity contribution in [2.24, 2.45) is 0 Å². The summed E-state index contributed by atoms with van der Waals surface area (Å²) in [5.41, 5.74) is 1.42. The first-order valence-electron chi connectivity index (χ1n) is 7.22. The second-order valence-corrected chi connectivity index (χ2v) is 6.49. The zero-order chi connectivity index (χ0) is 13.9. The summed E-state index contributed by atoms with van der Waals surface area (Å²) in [6.07, 6.45) is 8.70. The van der Waals surface area contributed by atoms with E-state index in [9.17, 15) is 4.79 Å². The number of carbonyl (C=O) groups excluding carboxylic acids is 1. The Hall–Kier alpha value is -1.49. The van der Waals surface area contributed by atoms with Gasteiger partial charge in [-0.15, -0.1) is 11.3 Å². The molecule has 0 radical (unpaired) electrons. The van der Waals surface area contributed by atoms with Crippen molar-refractivity contribution in [2.75, 3.05) is 0 Å². The van der Waals surface area contributed by atoms with E-state index in [1.807, 2.05) is 29.2 Å². The standard InChI is InChI=1S/C15H19N3OS/c1-11-16-14(10-20-11)15(19)9-12-7-8-18(17-12)13-5-3-2-4-6-13/h7-8,10,13H,2-6,9H2,1H3. The van der Waals surface area contributed by atoms with E-state index in [4.69, 9.17) is 0 Å². The van der Waals surface area contributed by atoms with Crippen molar-refractivity contribution in [1.82, 2.24) is 14.8 Å². The van der Waals surface area contributed by atoms with Gasteiger partial charge in [0.2, 0.25) is 0 Å². The fourth-order valence-electron chi connectivity index (χ4n) is 2.77. The quantitative estimate of drug-likeness (QED) is 0.808. The maximum absolute atomic E-state index is 12.1. The van der Waals surface area contributed by atoms with Crippen LogP contribution in [0.25, 0.3) is 0 Å². The van der Waals surface area contributed by atoms with Gasteiger partial charge in [0.1, 0.15) is 5.69 Å². The van der Waals surface area contributed by atoms with Crippen LogP contribution in [0, 0.1) is 6.92 Å². The Morgan fingerprint density at radius 2 is 2.20 bits per heavy atom. The van der Waals surface area contributed by atoms with Crippen molar-refractivity contribution in [3.05, 3.63) is 34.0 Å². The number of hydrogen-bond donors (Lipinski definition) is 0. The Labute approximate surface area is 122 Å². The van der Waals surface area contributed by atoms with Gasteiger partial charge in [0.25, 0.3) is 0 Å². The predicted octanol–water partition coefficient (Wildman–Crippen LogP) is 3.58. The van der Waals surface area contributed by atoms with E-state index in [0.29, 0.717) is 18.2 Å². The topological polar surface area (TPSA) is 47.8 Å². The molecule has 0 bridgehead atoms. The van der Waals surface area contributed by atoms with Gasteiger partial charge in [-0.3, -0.25) is 9.48 Å². The van der Waals surface area contributed by atoms with E-state index in [1.54, 1.807) is 0 Å². The van der Waals surface area contributed by atoms with Crippen molar-refractivity contribution >= 4 is 17.1 Å². The molecule has 0 unspecified atom stereocenters. The van der Waals surface area contributed by atoms with Crippen LogP contribution in [0.15, 0.2) is 17.6 Å². The largest absolute Gasteiger partial charge is 0.292 e. The Morgan fingerprint density at radius 1 is 1.40 bits per heavy atom. The monoisotopic (exact) mass is 289 g/mol. The first-order chi connectivity index (χ1) is 9.72. The Kier molecular flexibility index (Phi) is 3.96. The third kappa shape index (κ3) is 2.98. The fourth-order valence-corrected chi connectivity index (χ4v) is 3.38. The molecular formula is C15H19N3OS. The maximum Gasteiger partial charge on any atom is 0.188 e. The van der Waals surface area contributed by atoms with E-state index in [-0.39, 0.29) is 5.78 Å². The van der Waals surface area contributed by atoms with Crippen molar-refractivity contribution in [2.45, 2.75) is 51.5 Å². The summed E-state index contributed by atoms with van der Waals surface area (Å²) in [7, 11) is 0. The molecule has 2 aromatic rings. The normalized spacial score (nSPS) is 16.4. The van der Waals surface area contributed by atoms with Crippen molar-refractivity contribution in [3.63, 3.8) is 0 Å². The van der Waals surface area contributed by atoms with Crippen LogP contribution in [0.1, 0.15) is 59.3 Å². The average molecular weight is 289 g/mol. The number of thiazole rings is 1. The lowest BCUT2D eigenvalue weighted by atomic mass is 9.96. The summed E-state index contributed by atoms with van der Waals surface area (Å²) >= 11 is 1.51. The molecule has 106 valence electrons. The van der Waals surface area contributed by atoms with E-state index < -0.39 is 0 Å². The minimum absolute atomic E-state index is 0.0586. The van der Waals surface area contributed by atoms with Gasteiger partial charge in [0.15, 0.2) is 5.78 Å². The van der Waals surface area contributed by atoms with E-state index in [0.717, 1.165) is 10.7 Å². The average Bonchev–Trinajstić information content (AvgIpc) is 3.09. The lowest BCUT2D eigenvalue weighted by Gasteiger charge is -2.21. The van der Waals surface area contributed by atoms with Gasteiger partial charge in [-0.1, -0.05) is 19.3 Å². The molecule has 0 amide bonds. The Morgan fingerprint density at radius 3 is 2.90 bits per heavy atom. The number of nitrogens with zero attached hydrogens (tertiary/aromatic N) is 3. The highest BCUT2D eigenvalue weighted by Crippen LogP contribution is 2.27. The molecule has 4 nitrogen and oxygen atoms in total. The molecule has 1 aliphatic rings. The number of aryl methyl sites for hydroxylation is 1. The third-order valence-electron chi connectivity index (χ3n) is 3.86. The molecule has 1 fully saturated rings. The highest BCUT2D eigenvalue weighted by molar-refractivity contribution is 7.09. The van der Waals surface area contributed by atoms with Crippen LogP contribution < -0.4 is 0 Å². The summed E-state index contributed by atoms with van der Waals surface area (Å²) in [5, 5.41) is 7.34. The molecule has 0 aromatic carbocycles. The van der Waals surface area contributed by atoms with Crippen molar-refractivity contribution in [3.8, 4) is 0 Å². The molecule has 0 spiro atoms. The number of rotatable bonds is 4. The van der Waals surface area contributed by atoms with E-state index in [2.05, 4.69) is 10.1 Å². The van der Waals surface area contributed by atoms with Crippen LogP contribution >= 0.6 is 11.3 Å². The molecule has 1 saturated carbocycles. The van der Waals surface area contributed by atoms with Gasteiger partial charge < -0.3 is 0 Å². The molecule has 3 rings (SSSR count). The van der Waals surface area contributed by atoms with Gasteiger partial charge >= 0.3 is 0 Å². The van der Waals surface area contributed by atoms with Gasteiger partial charge in [-0.05, 0) is 25.8 Å². The third-order valence-corrected chi connectivity index (χ3v) is 4.63. The van der Waals surface area contributed by atoms with Crippen LogP contribution in [-0.4, -0.2) is 20.5 Å². The van der Waals surface area contributed by atoms with Gasteiger partial charge in [-0.25, -0.2) is 4.98 Å². The van der Waals surface area contributed by atoms with Gasteiger partial charge in [0.05, 0.1) is 23.2 Å². The number of hydrogen-bond acceptors (Lipinski definition) is 4. The van der Waals surface area contributed by atoms with Crippen LogP contribution in [0.5, 0.6) is 0 Å². The Bertz CT molecular complexity index is 596. The minimum atomic E-state index is 0.0586. The first-order valence-corrected chi connectivity index (χ1v) is 8.10. The lowest BCUT2D eigenvalue weighted by molar-refractivity contribution is 0.0987. The summed E-state index contributed by atoms with van der Waals surface area (Å²) in [6.45, 7) is 1.92. The molecule has 0 N–H and O–H groups in total. The molecule has 2 heterocycles. The minimum Gasteiger partial charge on any atom is -0.292 e. The molecule has 0 atom stereocenters. The zero-order valence-electron chi connectivity index (χ0n) is 11.7. The molecule has 5 heteroatoms. The van der Waals surface area contributed by atoms with Gasteiger partial charge in [-0.2, -0.15) is 5.10 Å². The summed E-state index contributed by atoms with van der Waals surface area (Å²) in [6, 6.07) is 2.49. The number of aromatic nitrogens is 3. The zero-order valence-corrected chi connectivity index (χ0v) is 12.5. The van der Waals surface area contributed by atoms with E-state index >= 15 is 0 Å². The fraction of sp³-hybridized carbons (Fsp3) is 0.533. The summed E-state index contributed by atoms with van der Waals surface area (Å²) < 4.78 is 2.05. The Balaban J connectivity index is 1.66. The van der Waals surface area contributed by atoms with E-state index in [1.165, 1.54) is 43.4 Å². The highest BCUT2D eigenvalue weighted by Gasteiger charge is 2.17. The molecule has 20 heavy (non-hydrogen) atoms. The van der Waals surface area contributed by atoms with Crippen LogP contribution in [0.2, 0.25) is 0 Å². The highest BCUT2D eigenvalue weighted by atomic mass is 32.1. The van der Waals surface area contributed by atoms with Crippen molar-refractivity contribution in [1.29, 1.82) is 0 Å². The summed E-state index contributed by atoms with van der Waals surface area (Å²) in [4.78, 5) is 16.3. The second kappa shape index (κ2) is 5.87. The van der Waals surface area contributed by atoms with Crippen molar-refractivity contribution < 1.29 is 4.79 Å². The lowest BCUT2D eigenvalue weighted by Crippen LogP contribution is -2.14. The first kappa shape index (κ1) is 13.5. The smallest absolute Gasteiger partial charge is 0.188 e. The number of Topliss-reactive ketones (excluding diaryl/α,β-unsaturated/α-hetero) is 1. The van der Waals surface area contributed by atoms with Gasteiger partial charge in [0, 0.05) is 11.6 Å². The SMILES string of the molecule is Cc1nc(C(=O)Cc2ccn(C3CCCCC3)n2)cs1. The van der Waals surface area contributed by atoms with Crippen LogP contribution in [0.3, 0.4) is 0 Å².